The second-order valence-corrected chi connectivity index (χ2v) is 7.90. The number of benzene rings is 2. The van der Waals surface area contributed by atoms with Crippen molar-refractivity contribution in [3.8, 4) is 0 Å². The number of carbonyl (C=O) groups is 3. The molecule has 1 aliphatic heterocycles. The molecule has 0 spiro atoms. The minimum Gasteiger partial charge on any atom is -0.545 e. The second-order valence-electron chi connectivity index (χ2n) is 6.23. The molecule has 3 rings (SSSR count). The van der Waals surface area contributed by atoms with E-state index in [1.807, 2.05) is 30.3 Å². The number of carboxylic acids is 1. The van der Waals surface area contributed by atoms with Gasteiger partial charge >= 0.3 is 0 Å². The van der Waals surface area contributed by atoms with Gasteiger partial charge in [0.15, 0.2) is 0 Å². The van der Waals surface area contributed by atoms with E-state index in [1.165, 1.54) is 28.8 Å². The summed E-state index contributed by atoms with van der Waals surface area (Å²) >= 11 is 6.53. The maximum Gasteiger partial charge on any atom is 0.266 e. The van der Waals surface area contributed by atoms with Gasteiger partial charge in [0.2, 0.25) is 5.91 Å². The summed E-state index contributed by atoms with van der Waals surface area (Å²) in [5.74, 6) is -1.88. The molecular weight excluding hydrogens is 408 g/mol. The molecule has 0 bridgehead atoms. The highest BCUT2D eigenvalue weighted by atomic mass is 32.2. The summed E-state index contributed by atoms with van der Waals surface area (Å²) in [6.07, 6.45) is 2.31. The van der Waals surface area contributed by atoms with Crippen LogP contribution < -0.4 is 10.4 Å². The average Bonchev–Trinajstić information content (AvgIpc) is 2.96. The van der Waals surface area contributed by atoms with Crippen LogP contribution in [0.3, 0.4) is 0 Å². The lowest BCUT2D eigenvalue weighted by Gasteiger charge is -2.15. The SMILES string of the molecule is O=C(CCCN1C(=O)/C(=C\c2ccccc2)SC1=S)Nc1ccccc1C(=O)[O-]. The van der Waals surface area contributed by atoms with Crippen molar-refractivity contribution in [2.75, 3.05) is 11.9 Å². The zero-order valence-corrected chi connectivity index (χ0v) is 16.9. The number of nitrogens with zero attached hydrogens (tertiary/aromatic N) is 1. The van der Waals surface area contributed by atoms with Crippen LogP contribution in [0.4, 0.5) is 5.69 Å². The maximum atomic E-state index is 12.6. The Bertz CT molecular complexity index is 989. The minimum atomic E-state index is -1.36. The Morgan fingerprint density at radius 3 is 2.52 bits per heavy atom. The number of hydrogen-bond donors (Lipinski definition) is 1. The lowest BCUT2D eigenvalue weighted by molar-refractivity contribution is -0.254. The first-order valence-corrected chi connectivity index (χ1v) is 10.1. The molecule has 2 aromatic rings. The third-order valence-electron chi connectivity index (χ3n) is 4.18. The van der Waals surface area contributed by atoms with Crippen molar-refractivity contribution in [1.82, 2.24) is 4.90 Å². The molecule has 0 aliphatic carbocycles. The summed E-state index contributed by atoms with van der Waals surface area (Å²) in [5, 5.41) is 13.7. The topological polar surface area (TPSA) is 89.5 Å². The van der Waals surface area contributed by atoms with Gasteiger partial charge in [-0.15, -0.1) is 0 Å². The monoisotopic (exact) mass is 425 g/mol. The van der Waals surface area contributed by atoms with Gasteiger partial charge in [-0.25, -0.2) is 0 Å². The number of aromatic carboxylic acids is 1. The Kier molecular flexibility index (Phi) is 6.79. The molecule has 0 aromatic heterocycles. The van der Waals surface area contributed by atoms with E-state index in [-0.39, 0.29) is 29.5 Å². The van der Waals surface area contributed by atoms with Crippen LogP contribution in [0.15, 0.2) is 59.5 Å². The second kappa shape index (κ2) is 9.49. The fourth-order valence-corrected chi connectivity index (χ4v) is 4.08. The van der Waals surface area contributed by atoms with E-state index in [1.54, 1.807) is 18.2 Å². The molecular formula is C21H17N2O4S2-. The summed E-state index contributed by atoms with van der Waals surface area (Å²) in [7, 11) is 0. The smallest absolute Gasteiger partial charge is 0.266 e. The Balaban J connectivity index is 1.55. The van der Waals surface area contributed by atoms with Crippen molar-refractivity contribution in [2.24, 2.45) is 0 Å². The Hall–Kier alpha value is -2.97. The number of carbonyl (C=O) groups excluding carboxylic acids is 3. The van der Waals surface area contributed by atoms with Gasteiger partial charge in [-0.1, -0.05) is 72.5 Å². The molecule has 2 amide bonds. The van der Waals surface area contributed by atoms with Crippen molar-refractivity contribution in [2.45, 2.75) is 12.8 Å². The molecule has 1 N–H and O–H groups in total. The highest BCUT2D eigenvalue weighted by molar-refractivity contribution is 8.26. The fourth-order valence-electron chi connectivity index (χ4n) is 2.77. The molecule has 2 aromatic carbocycles. The lowest BCUT2D eigenvalue weighted by atomic mass is 10.1. The summed E-state index contributed by atoms with van der Waals surface area (Å²) < 4.78 is 0.458. The van der Waals surface area contributed by atoms with Gasteiger partial charge in [-0.05, 0) is 24.1 Å². The third kappa shape index (κ3) is 5.30. The number of anilines is 1. The van der Waals surface area contributed by atoms with Crippen LogP contribution in [0.2, 0.25) is 0 Å². The maximum absolute atomic E-state index is 12.6. The fraction of sp³-hybridized carbons (Fsp3) is 0.143. The summed E-state index contributed by atoms with van der Waals surface area (Å²) in [4.78, 5) is 37.9. The van der Waals surface area contributed by atoms with Crippen molar-refractivity contribution < 1.29 is 19.5 Å². The molecule has 1 fully saturated rings. The predicted molar refractivity (Wildman–Crippen MR) is 115 cm³/mol. The van der Waals surface area contributed by atoms with Crippen LogP contribution in [0.1, 0.15) is 28.8 Å². The molecule has 0 atom stereocenters. The van der Waals surface area contributed by atoms with Gasteiger partial charge in [0.25, 0.3) is 5.91 Å². The first-order valence-electron chi connectivity index (χ1n) is 8.86. The van der Waals surface area contributed by atoms with E-state index < -0.39 is 5.97 Å². The molecule has 1 aliphatic rings. The molecule has 6 nitrogen and oxygen atoms in total. The first kappa shape index (κ1) is 20.8. The Morgan fingerprint density at radius 1 is 1.10 bits per heavy atom. The highest BCUT2D eigenvalue weighted by Crippen LogP contribution is 2.32. The molecule has 0 unspecified atom stereocenters. The van der Waals surface area contributed by atoms with Crippen LogP contribution in [-0.2, 0) is 9.59 Å². The largest absolute Gasteiger partial charge is 0.545 e. The van der Waals surface area contributed by atoms with Crippen LogP contribution in [-0.4, -0.2) is 33.5 Å². The Morgan fingerprint density at radius 2 is 1.79 bits per heavy atom. The number of rotatable bonds is 7. The zero-order chi connectivity index (χ0) is 20.8. The minimum absolute atomic E-state index is 0.0798. The zero-order valence-electron chi connectivity index (χ0n) is 15.3. The molecule has 29 heavy (non-hydrogen) atoms. The van der Waals surface area contributed by atoms with E-state index in [9.17, 15) is 19.5 Å². The molecule has 1 heterocycles. The normalized spacial score (nSPS) is 15.0. The van der Waals surface area contributed by atoms with Gasteiger partial charge in [0, 0.05) is 24.2 Å². The predicted octanol–water partition coefficient (Wildman–Crippen LogP) is 2.67. The number of nitrogens with one attached hydrogen (secondary N) is 1. The summed E-state index contributed by atoms with van der Waals surface area (Å²) in [5.41, 5.74) is 1.02. The van der Waals surface area contributed by atoms with Crippen molar-refractivity contribution >= 4 is 57.8 Å². The highest BCUT2D eigenvalue weighted by Gasteiger charge is 2.31. The summed E-state index contributed by atoms with van der Waals surface area (Å²) in [6, 6.07) is 15.5. The molecule has 8 heteroatoms. The first-order chi connectivity index (χ1) is 14.0. The Labute approximate surface area is 177 Å². The number of amides is 2. The molecule has 148 valence electrons. The van der Waals surface area contributed by atoms with Crippen LogP contribution >= 0.6 is 24.0 Å². The number of carboxylic acid groups (broad SMARTS) is 1. The average molecular weight is 426 g/mol. The quantitative estimate of drug-likeness (QED) is 0.542. The van der Waals surface area contributed by atoms with Crippen LogP contribution in [0.25, 0.3) is 6.08 Å². The van der Waals surface area contributed by atoms with Gasteiger partial charge in [-0.2, -0.15) is 0 Å². The molecule has 1 saturated heterocycles. The number of para-hydroxylation sites is 1. The van der Waals surface area contributed by atoms with Gasteiger partial charge in [0.05, 0.1) is 10.9 Å². The molecule has 0 saturated carbocycles. The van der Waals surface area contributed by atoms with Gasteiger partial charge < -0.3 is 15.2 Å². The van der Waals surface area contributed by atoms with E-state index in [0.29, 0.717) is 22.2 Å². The van der Waals surface area contributed by atoms with Crippen molar-refractivity contribution in [3.05, 3.63) is 70.6 Å². The summed E-state index contributed by atoms with van der Waals surface area (Å²) in [6.45, 7) is 0.312. The third-order valence-corrected chi connectivity index (χ3v) is 5.56. The number of thiocarbonyl (C=S) groups is 1. The van der Waals surface area contributed by atoms with Gasteiger partial charge in [0.1, 0.15) is 4.32 Å². The standard InChI is InChI=1S/C21H18N2O4S2/c24-18(22-16-10-5-4-9-15(16)20(26)27)11-6-12-23-19(25)17(29-21(23)28)13-14-7-2-1-3-8-14/h1-5,7-10,13H,6,11-12H2,(H,22,24)(H,26,27)/p-1/b17-13+. The van der Waals surface area contributed by atoms with Crippen molar-refractivity contribution in [1.29, 1.82) is 0 Å². The van der Waals surface area contributed by atoms with Crippen molar-refractivity contribution in [3.63, 3.8) is 0 Å². The van der Waals surface area contributed by atoms with E-state index in [2.05, 4.69) is 5.32 Å². The number of thioether (sulfide) groups is 1. The van der Waals surface area contributed by atoms with E-state index in [4.69, 9.17) is 12.2 Å². The van der Waals surface area contributed by atoms with Crippen LogP contribution in [0.5, 0.6) is 0 Å². The van der Waals surface area contributed by atoms with E-state index in [0.717, 1.165) is 5.56 Å². The van der Waals surface area contributed by atoms with Gasteiger partial charge in [-0.3, -0.25) is 14.5 Å². The number of hydrogen-bond acceptors (Lipinski definition) is 6. The molecule has 0 radical (unpaired) electrons. The lowest BCUT2D eigenvalue weighted by Crippen LogP contribution is -2.30. The van der Waals surface area contributed by atoms with Crippen LogP contribution in [0, 0.1) is 0 Å². The van der Waals surface area contributed by atoms with E-state index >= 15 is 0 Å².